The van der Waals surface area contributed by atoms with Gasteiger partial charge in [0, 0.05) is 29.2 Å². The van der Waals surface area contributed by atoms with Crippen LogP contribution in [0.1, 0.15) is 11.1 Å². The fraction of sp³-hybridized carbons (Fsp3) is 0.158. The van der Waals surface area contributed by atoms with Gasteiger partial charge >= 0.3 is 0 Å². The number of halogens is 2. The van der Waals surface area contributed by atoms with E-state index in [2.05, 4.69) is 15.9 Å². The molecule has 0 heterocycles. The first-order valence-corrected chi connectivity index (χ1v) is 8.58. The molecule has 25 heavy (non-hydrogen) atoms. The van der Waals surface area contributed by atoms with Crippen LogP contribution in [0.5, 0.6) is 5.75 Å². The zero-order valence-electron chi connectivity index (χ0n) is 13.8. The van der Waals surface area contributed by atoms with Crippen LogP contribution in [-0.4, -0.2) is 24.9 Å². The molecule has 0 spiro atoms. The molecule has 4 nitrogen and oxygen atoms in total. The maximum absolute atomic E-state index is 12.1. The van der Waals surface area contributed by atoms with E-state index in [4.69, 9.17) is 16.3 Å². The van der Waals surface area contributed by atoms with Crippen molar-refractivity contribution in [3.63, 3.8) is 0 Å². The summed E-state index contributed by atoms with van der Waals surface area (Å²) in [4.78, 5) is 13.4. The molecule has 128 valence electrons. The van der Waals surface area contributed by atoms with Gasteiger partial charge in [-0.15, -0.1) is 0 Å². The van der Waals surface area contributed by atoms with E-state index in [0.717, 1.165) is 10.0 Å². The maximum atomic E-state index is 12.1. The molecule has 0 bridgehead atoms. The third kappa shape index (κ3) is 5.35. The smallest absolute Gasteiger partial charge is 0.264 e. The summed E-state index contributed by atoms with van der Waals surface area (Å²) in [6.45, 7) is 0.350. The monoisotopic (exact) mass is 418 g/mol. The molecule has 0 aliphatic heterocycles. The van der Waals surface area contributed by atoms with Crippen molar-refractivity contribution in [3.8, 4) is 11.8 Å². The Morgan fingerprint density at radius 3 is 2.56 bits per heavy atom. The number of hydrogen-bond acceptors (Lipinski definition) is 3. The zero-order valence-corrected chi connectivity index (χ0v) is 16.1. The SMILES string of the molecule is CN(C)C(=O)/C(C#N)=C\c1cc(Br)ccc1OCc1ccc(Cl)cc1. The largest absolute Gasteiger partial charge is 0.488 e. The summed E-state index contributed by atoms with van der Waals surface area (Å²) in [6.07, 6.45) is 1.53. The first-order chi connectivity index (χ1) is 11.9. The number of nitriles is 1. The highest BCUT2D eigenvalue weighted by Crippen LogP contribution is 2.27. The van der Waals surface area contributed by atoms with Gasteiger partial charge in [-0.3, -0.25) is 4.79 Å². The Morgan fingerprint density at radius 1 is 1.28 bits per heavy atom. The van der Waals surface area contributed by atoms with Crippen molar-refractivity contribution in [1.29, 1.82) is 5.26 Å². The molecule has 0 saturated heterocycles. The molecule has 6 heteroatoms. The number of ether oxygens (including phenoxy) is 1. The second-order valence-corrected chi connectivity index (χ2v) is 6.82. The molecule has 0 saturated carbocycles. The second-order valence-electron chi connectivity index (χ2n) is 5.47. The van der Waals surface area contributed by atoms with E-state index in [1.54, 1.807) is 38.4 Å². The van der Waals surface area contributed by atoms with Crippen LogP contribution < -0.4 is 4.74 Å². The number of amides is 1. The van der Waals surface area contributed by atoms with Gasteiger partial charge in [0.2, 0.25) is 0 Å². The lowest BCUT2D eigenvalue weighted by Crippen LogP contribution is -2.22. The predicted molar refractivity (Wildman–Crippen MR) is 102 cm³/mol. The molecular weight excluding hydrogens is 404 g/mol. The van der Waals surface area contributed by atoms with E-state index < -0.39 is 0 Å². The molecule has 2 rings (SSSR count). The fourth-order valence-corrected chi connectivity index (χ4v) is 2.55. The lowest BCUT2D eigenvalue weighted by molar-refractivity contribution is -0.124. The first kappa shape index (κ1) is 19.0. The molecule has 2 aromatic rings. The third-order valence-corrected chi connectivity index (χ3v) is 4.08. The number of likely N-dealkylation sites (N-methyl/N-ethyl adjacent to an activating group) is 1. The van der Waals surface area contributed by atoms with Gasteiger partial charge in [-0.1, -0.05) is 39.7 Å². The number of rotatable bonds is 5. The van der Waals surface area contributed by atoms with Crippen LogP contribution in [0, 0.1) is 11.3 Å². The Labute approximate surface area is 160 Å². The van der Waals surface area contributed by atoms with Crippen LogP contribution in [0.15, 0.2) is 52.5 Å². The third-order valence-electron chi connectivity index (χ3n) is 3.34. The number of benzene rings is 2. The van der Waals surface area contributed by atoms with Crippen LogP contribution in [0.25, 0.3) is 6.08 Å². The Morgan fingerprint density at radius 2 is 1.96 bits per heavy atom. The topological polar surface area (TPSA) is 53.3 Å². The molecule has 0 fully saturated rings. The van der Waals surface area contributed by atoms with Crippen molar-refractivity contribution < 1.29 is 9.53 Å². The minimum atomic E-state index is -0.355. The van der Waals surface area contributed by atoms with Crippen molar-refractivity contribution >= 4 is 39.5 Å². The van der Waals surface area contributed by atoms with Crippen molar-refractivity contribution in [3.05, 3.63) is 68.7 Å². The minimum Gasteiger partial charge on any atom is -0.488 e. The lowest BCUT2D eigenvalue weighted by atomic mass is 10.1. The lowest BCUT2D eigenvalue weighted by Gasteiger charge is -2.12. The Hall–Kier alpha value is -2.29. The van der Waals surface area contributed by atoms with E-state index in [1.807, 2.05) is 24.3 Å². The first-order valence-electron chi connectivity index (χ1n) is 7.41. The van der Waals surface area contributed by atoms with Crippen molar-refractivity contribution in [1.82, 2.24) is 4.90 Å². The Kier molecular flexibility index (Phi) is 6.63. The Balaban J connectivity index is 2.29. The average molecular weight is 420 g/mol. The minimum absolute atomic E-state index is 0.0412. The molecule has 0 aliphatic carbocycles. The van der Waals surface area contributed by atoms with E-state index in [9.17, 15) is 10.1 Å². The average Bonchev–Trinajstić information content (AvgIpc) is 2.59. The summed E-state index contributed by atoms with van der Waals surface area (Å²) >= 11 is 9.28. The van der Waals surface area contributed by atoms with Gasteiger partial charge in [0.05, 0.1) is 0 Å². The van der Waals surface area contributed by atoms with Crippen molar-refractivity contribution in [2.75, 3.05) is 14.1 Å². The molecule has 1 amide bonds. The van der Waals surface area contributed by atoms with Gasteiger partial charge < -0.3 is 9.64 Å². The standard InChI is InChI=1S/C19H16BrClN2O2/c1-23(2)19(24)15(11-22)9-14-10-16(20)5-8-18(14)25-12-13-3-6-17(21)7-4-13/h3-10H,12H2,1-2H3/b15-9-. The van der Waals surface area contributed by atoms with E-state index in [0.29, 0.717) is 22.9 Å². The summed E-state index contributed by atoms with van der Waals surface area (Å²) < 4.78 is 6.69. The quantitative estimate of drug-likeness (QED) is 0.522. The normalized spacial score (nSPS) is 10.9. The molecular formula is C19H16BrClN2O2. The van der Waals surface area contributed by atoms with E-state index >= 15 is 0 Å². The van der Waals surface area contributed by atoms with Gasteiger partial charge in [-0.05, 0) is 42.0 Å². The highest BCUT2D eigenvalue weighted by molar-refractivity contribution is 9.10. The van der Waals surface area contributed by atoms with Crippen molar-refractivity contribution in [2.45, 2.75) is 6.61 Å². The zero-order chi connectivity index (χ0) is 18.4. The van der Waals surface area contributed by atoms with Gasteiger partial charge in [-0.25, -0.2) is 0 Å². The van der Waals surface area contributed by atoms with Gasteiger partial charge in [0.25, 0.3) is 5.91 Å². The van der Waals surface area contributed by atoms with E-state index in [1.165, 1.54) is 11.0 Å². The molecule has 0 radical (unpaired) electrons. The van der Waals surface area contributed by atoms with Crippen molar-refractivity contribution in [2.24, 2.45) is 0 Å². The predicted octanol–water partition coefficient (Wildman–Crippen LogP) is 4.68. The number of hydrogen-bond donors (Lipinski definition) is 0. The summed E-state index contributed by atoms with van der Waals surface area (Å²) in [5, 5.41) is 9.93. The van der Waals surface area contributed by atoms with Crippen LogP contribution in [0.4, 0.5) is 0 Å². The van der Waals surface area contributed by atoms with E-state index in [-0.39, 0.29) is 11.5 Å². The molecule has 2 aromatic carbocycles. The molecule has 0 aliphatic rings. The summed E-state index contributed by atoms with van der Waals surface area (Å²) in [5.74, 6) is 0.226. The Bertz CT molecular complexity index is 839. The summed E-state index contributed by atoms with van der Waals surface area (Å²) in [7, 11) is 3.21. The molecule has 0 atom stereocenters. The maximum Gasteiger partial charge on any atom is 0.264 e. The van der Waals surface area contributed by atoms with Crippen LogP contribution in [-0.2, 0) is 11.4 Å². The highest BCUT2D eigenvalue weighted by atomic mass is 79.9. The molecule has 0 unspecified atom stereocenters. The summed E-state index contributed by atoms with van der Waals surface area (Å²) in [5.41, 5.74) is 1.65. The number of carbonyl (C=O) groups is 1. The van der Waals surface area contributed by atoms with Gasteiger partial charge in [0.1, 0.15) is 24.0 Å². The number of nitrogens with zero attached hydrogens (tertiary/aromatic N) is 2. The molecule has 0 N–H and O–H groups in total. The molecule has 0 aromatic heterocycles. The second kappa shape index (κ2) is 8.70. The van der Waals surface area contributed by atoms with Gasteiger partial charge in [0.15, 0.2) is 0 Å². The van der Waals surface area contributed by atoms with Crippen LogP contribution >= 0.6 is 27.5 Å². The van der Waals surface area contributed by atoms with Crippen LogP contribution in [0.3, 0.4) is 0 Å². The number of carbonyl (C=O) groups excluding carboxylic acids is 1. The summed E-state index contributed by atoms with van der Waals surface area (Å²) in [6, 6.07) is 14.7. The van der Waals surface area contributed by atoms with Crippen LogP contribution in [0.2, 0.25) is 5.02 Å². The van der Waals surface area contributed by atoms with Gasteiger partial charge in [-0.2, -0.15) is 5.26 Å². The highest BCUT2D eigenvalue weighted by Gasteiger charge is 2.13. The fourth-order valence-electron chi connectivity index (χ4n) is 2.04.